The summed E-state index contributed by atoms with van der Waals surface area (Å²) in [6.07, 6.45) is 1.46. The van der Waals surface area contributed by atoms with Crippen LogP contribution < -0.4 is 5.32 Å². The minimum absolute atomic E-state index is 0.0168. The molecule has 0 bridgehead atoms. The predicted molar refractivity (Wildman–Crippen MR) is 66.5 cm³/mol. The molecule has 0 saturated heterocycles. The van der Waals surface area contributed by atoms with Crippen LogP contribution in [0.15, 0.2) is 28.9 Å². The standard InChI is InChI=1S/C11H5BrClF3N2/c12-5-1-7(13)11(17-4-5)18-6-2-8(14)10(16)9(15)3-6/h1-4H,(H,17,18). The van der Waals surface area contributed by atoms with Gasteiger partial charge in [0, 0.05) is 28.5 Å². The highest BCUT2D eigenvalue weighted by Gasteiger charge is 2.11. The fourth-order valence-electron chi connectivity index (χ4n) is 1.27. The zero-order chi connectivity index (χ0) is 13.3. The van der Waals surface area contributed by atoms with Crippen molar-refractivity contribution < 1.29 is 13.2 Å². The van der Waals surface area contributed by atoms with E-state index in [-0.39, 0.29) is 16.5 Å². The summed E-state index contributed by atoms with van der Waals surface area (Å²) >= 11 is 9.04. The normalized spacial score (nSPS) is 10.5. The van der Waals surface area contributed by atoms with Crippen molar-refractivity contribution in [3.63, 3.8) is 0 Å². The molecule has 2 nitrogen and oxygen atoms in total. The molecule has 0 spiro atoms. The van der Waals surface area contributed by atoms with Crippen LogP contribution in [0.4, 0.5) is 24.7 Å². The second-order valence-corrected chi connectivity index (χ2v) is 4.69. The van der Waals surface area contributed by atoms with Crippen molar-refractivity contribution in [1.29, 1.82) is 0 Å². The number of hydrogen-bond donors (Lipinski definition) is 1. The van der Waals surface area contributed by atoms with E-state index in [1.54, 1.807) is 6.07 Å². The van der Waals surface area contributed by atoms with Crippen molar-refractivity contribution in [3.8, 4) is 0 Å². The maximum atomic E-state index is 13.0. The number of pyridine rings is 1. The van der Waals surface area contributed by atoms with Crippen LogP contribution in [-0.2, 0) is 0 Å². The van der Waals surface area contributed by atoms with E-state index < -0.39 is 17.5 Å². The van der Waals surface area contributed by atoms with Gasteiger partial charge in [-0.2, -0.15) is 0 Å². The van der Waals surface area contributed by atoms with E-state index in [2.05, 4.69) is 26.2 Å². The molecule has 0 radical (unpaired) electrons. The molecule has 0 aliphatic heterocycles. The van der Waals surface area contributed by atoms with E-state index in [0.29, 0.717) is 4.47 Å². The molecule has 0 aliphatic rings. The fraction of sp³-hybridized carbons (Fsp3) is 0. The number of rotatable bonds is 2. The van der Waals surface area contributed by atoms with Crippen molar-refractivity contribution in [2.24, 2.45) is 0 Å². The van der Waals surface area contributed by atoms with Gasteiger partial charge >= 0.3 is 0 Å². The molecule has 1 N–H and O–H groups in total. The van der Waals surface area contributed by atoms with E-state index in [0.717, 1.165) is 12.1 Å². The highest BCUT2D eigenvalue weighted by Crippen LogP contribution is 2.27. The summed E-state index contributed by atoms with van der Waals surface area (Å²) < 4.78 is 39.4. The van der Waals surface area contributed by atoms with E-state index >= 15 is 0 Å². The Balaban J connectivity index is 2.34. The molecular formula is C11H5BrClF3N2. The summed E-state index contributed by atoms with van der Waals surface area (Å²) in [4.78, 5) is 3.93. The lowest BCUT2D eigenvalue weighted by Crippen LogP contribution is -1.98. The molecule has 94 valence electrons. The molecule has 0 atom stereocenters. The lowest BCUT2D eigenvalue weighted by molar-refractivity contribution is 0.448. The molecule has 0 amide bonds. The Morgan fingerprint density at radius 3 is 2.28 bits per heavy atom. The van der Waals surface area contributed by atoms with E-state index in [1.807, 2.05) is 0 Å². The van der Waals surface area contributed by atoms with Crippen molar-refractivity contribution in [3.05, 3.63) is 51.3 Å². The summed E-state index contributed by atoms with van der Waals surface area (Å²) in [7, 11) is 0. The molecular weight excluding hydrogens is 332 g/mol. The van der Waals surface area contributed by atoms with E-state index in [1.165, 1.54) is 6.20 Å². The number of hydrogen-bond acceptors (Lipinski definition) is 2. The summed E-state index contributed by atoms with van der Waals surface area (Å²) in [6, 6.07) is 3.20. The van der Waals surface area contributed by atoms with Gasteiger partial charge < -0.3 is 5.32 Å². The smallest absolute Gasteiger partial charge is 0.194 e. The van der Waals surface area contributed by atoms with Crippen molar-refractivity contribution in [2.45, 2.75) is 0 Å². The minimum Gasteiger partial charge on any atom is -0.339 e. The molecule has 7 heteroatoms. The summed E-state index contributed by atoms with van der Waals surface area (Å²) in [5.41, 5.74) is 0.0168. The van der Waals surface area contributed by atoms with Gasteiger partial charge in [0.1, 0.15) is 5.82 Å². The van der Waals surface area contributed by atoms with Crippen molar-refractivity contribution in [1.82, 2.24) is 4.98 Å². The van der Waals surface area contributed by atoms with Crippen LogP contribution in [0.3, 0.4) is 0 Å². The molecule has 1 heterocycles. The number of halogens is 5. The Morgan fingerprint density at radius 2 is 1.72 bits per heavy atom. The average molecular weight is 338 g/mol. The predicted octanol–water partition coefficient (Wildman–Crippen LogP) is 4.66. The average Bonchev–Trinajstić information content (AvgIpc) is 2.29. The number of nitrogens with zero attached hydrogens (tertiary/aromatic N) is 1. The van der Waals surface area contributed by atoms with Crippen LogP contribution in [0.1, 0.15) is 0 Å². The highest BCUT2D eigenvalue weighted by atomic mass is 79.9. The lowest BCUT2D eigenvalue weighted by atomic mass is 10.3. The van der Waals surface area contributed by atoms with Crippen LogP contribution in [-0.4, -0.2) is 4.98 Å². The Hall–Kier alpha value is -1.27. The first kappa shape index (κ1) is 13.2. The zero-order valence-corrected chi connectivity index (χ0v) is 11.0. The van der Waals surface area contributed by atoms with Crippen molar-refractivity contribution in [2.75, 3.05) is 5.32 Å². The van der Waals surface area contributed by atoms with Gasteiger partial charge in [0.15, 0.2) is 17.5 Å². The van der Waals surface area contributed by atoms with Gasteiger partial charge in [0.05, 0.1) is 5.02 Å². The Labute approximate surface area is 114 Å². The maximum absolute atomic E-state index is 13.0. The van der Waals surface area contributed by atoms with Crippen LogP contribution in [0.25, 0.3) is 0 Å². The monoisotopic (exact) mass is 336 g/mol. The van der Waals surface area contributed by atoms with Crippen LogP contribution in [0, 0.1) is 17.5 Å². The first-order valence-electron chi connectivity index (χ1n) is 4.70. The summed E-state index contributed by atoms with van der Waals surface area (Å²) in [6.45, 7) is 0. The zero-order valence-electron chi connectivity index (χ0n) is 8.65. The van der Waals surface area contributed by atoms with E-state index in [4.69, 9.17) is 11.6 Å². The Bertz CT molecular complexity index is 584. The third-order valence-corrected chi connectivity index (χ3v) is 2.78. The number of nitrogens with one attached hydrogen (secondary N) is 1. The third-order valence-electron chi connectivity index (χ3n) is 2.05. The van der Waals surface area contributed by atoms with Crippen LogP contribution >= 0.6 is 27.5 Å². The molecule has 0 unspecified atom stereocenters. The lowest BCUT2D eigenvalue weighted by Gasteiger charge is -2.08. The first-order valence-corrected chi connectivity index (χ1v) is 5.87. The van der Waals surface area contributed by atoms with Gasteiger partial charge in [0.25, 0.3) is 0 Å². The minimum atomic E-state index is -1.52. The molecule has 2 rings (SSSR count). The Kier molecular flexibility index (Phi) is 3.77. The second kappa shape index (κ2) is 5.16. The molecule has 18 heavy (non-hydrogen) atoms. The molecule has 1 aromatic heterocycles. The number of aromatic nitrogens is 1. The highest BCUT2D eigenvalue weighted by molar-refractivity contribution is 9.10. The van der Waals surface area contributed by atoms with Gasteiger partial charge in [-0.15, -0.1) is 0 Å². The van der Waals surface area contributed by atoms with Crippen molar-refractivity contribution >= 4 is 39.0 Å². The molecule has 1 aromatic carbocycles. The second-order valence-electron chi connectivity index (χ2n) is 3.36. The molecule has 0 fully saturated rings. The van der Waals surface area contributed by atoms with E-state index in [9.17, 15) is 13.2 Å². The fourth-order valence-corrected chi connectivity index (χ4v) is 1.95. The molecule has 0 aliphatic carbocycles. The van der Waals surface area contributed by atoms with Gasteiger partial charge in [-0.1, -0.05) is 11.6 Å². The molecule has 0 saturated carbocycles. The number of anilines is 2. The maximum Gasteiger partial charge on any atom is 0.194 e. The summed E-state index contributed by atoms with van der Waals surface area (Å²) in [5.74, 6) is -3.88. The first-order chi connectivity index (χ1) is 8.47. The SMILES string of the molecule is Fc1cc(Nc2ncc(Br)cc2Cl)cc(F)c1F. The van der Waals surface area contributed by atoms with Crippen LogP contribution in [0.5, 0.6) is 0 Å². The third kappa shape index (κ3) is 2.76. The van der Waals surface area contributed by atoms with Crippen LogP contribution in [0.2, 0.25) is 5.02 Å². The van der Waals surface area contributed by atoms with Gasteiger partial charge in [-0.3, -0.25) is 0 Å². The van der Waals surface area contributed by atoms with Gasteiger partial charge in [-0.25, -0.2) is 18.2 Å². The quantitative estimate of drug-likeness (QED) is 0.806. The summed E-state index contributed by atoms with van der Waals surface area (Å²) in [5, 5.41) is 2.86. The number of benzene rings is 1. The largest absolute Gasteiger partial charge is 0.339 e. The molecule has 2 aromatic rings. The topological polar surface area (TPSA) is 24.9 Å². The Morgan fingerprint density at radius 1 is 1.11 bits per heavy atom. The van der Waals surface area contributed by atoms with Gasteiger partial charge in [0.2, 0.25) is 0 Å². The van der Waals surface area contributed by atoms with Gasteiger partial charge in [-0.05, 0) is 22.0 Å².